The maximum Gasteiger partial charge on any atom is 0.255 e. The smallest absolute Gasteiger partial charge is 0.255 e. The van der Waals surface area contributed by atoms with Crippen molar-refractivity contribution >= 4 is 49.7 Å². The molecule has 1 amide bonds. The van der Waals surface area contributed by atoms with E-state index in [2.05, 4.69) is 10.0 Å². The third kappa shape index (κ3) is 4.29. The molecule has 0 spiro atoms. The predicted octanol–water partition coefficient (Wildman–Crippen LogP) is 4.12. The van der Waals surface area contributed by atoms with Gasteiger partial charge in [-0.15, -0.1) is 0 Å². The van der Waals surface area contributed by atoms with Crippen molar-refractivity contribution in [1.29, 1.82) is 0 Å². The summed E-state index contributed by atoms with van der Waals surface area (Å²) in [6.45, 7) is 0. The van der Waals surface area contributed by atoms with Gasteiger partial charge in [-0.25, -0.2) is 8.42 Å². The lowest BCUT2D eigenvalue weighted by molar-refractivity contribution is 0.102. The lowest BCUT2D eigenvalue weighted by Crippen LogP contribution is -2.16. The van der Waals surface area contributed by atoms with Crippen LogP contribution in [-0.2, 0) is 10.0 Å². The van der Waals surface area contributed by atoms with Crippen LogP contribution in [0, 0.1) is 0 Å². The number of rotatable bonds is 4. The second kappa shape index (κ2) is 6.74. The fourth-order valence-corrected chi connectivity index (χ4v) is 3.18. The van der Waals surface area contributed by atoms with Crippen LogP contribution < -0.4 is 10.0 Å². The molecule has 0 aliphatic rings. The number of sulfonamides is 1. The van der Waals surface area contributed by atoms with Crippen molar-refractivity contribution in [2.75, 3.05) is 16.3 Å². The Bertz CT molecular complexity index is 1060. The van der Waals surface area contributed by atoms with Crippen LogP contribution in [0.2, 0.25) is 5.02 Å². The van der Waals surface area contributed by atoms with Gasteiger partial charge in [-0.3, -0.25) is 9.52 Å². The molecule has 3 aromatic carbocycles. The second-order valence-electron chi connectivity index (χ2n) is 5.58. The SMILES string of the molecule is CS(=O)(=O)Nc1cc(Cl)ccc1NC(=O)c1ccc2ccccc2c1. The molecule has 0 saturated heterocycles. The van der Waals surface area contributed by atoms with E-state index in [0.717, 1.165) is 17.0 Å². The average Bonchev–Trinajstić information content (AvgIpc) is 2.55. The van der Waals surface area contributed by atoms with Gasteiger partial charge in [-0.05, 0) is 41.1 Å². The van der Waals surface area contributed by atoms with Gasteiger partial charge in [0.05, 0.1) is 17.6 Å². The molecule has 2 N–H and O–H groups in total. The lowest BCUT2D eigenvalue weighted by Gasteiger charge is -2.13. The molecule has 0 heterocycles. The Morgan fingerprint density at radius 3 is 2.36 bits per heavy atom. The number of carbonyl (C=O) groups is 1. The summed E-state index contributed by atoms with van der Waals surface area (Å²) in [4.78, 5) is 12.5. The Morgan fingerprint density at radius 1 is 0.920 bits per heavy atom. The number of halogens is 1. The number of anilines is 2. The number of fused-ring (bicyclic) bond motifs is 1. The standard InChI is InChI=1S/C18H15ClN2O3S/c1-25(23,24)21-17-11-15(19)8-9-16(17)20-18(22)14-7-6-12-4-2-3-5-13(12)10-14/h2-11,21H,1H3,(H,20,22). The maximum absolute atomic E-state index is 12.5. The first kappa shape index (κ1) is 17.3. The minimum atomic E-state index is -3.51. The van der Waals surface area contributed by atoms with Gasteiger partial charge in [0, 0.05) is 10.6 Å². The van der Waals surface area contributed by atoms with Crippen LogP contribution in [0.1, 0.15) is 10.4 Å². The molecule has 0 atom stereocenters. The Balaban J connectivity index is 1.91. The third-order valence-electron chi connectivity index (χ3n) is 3.54. The van der Waals surface area contributed by atoms with E-state index >= 15 is 0 Å². The molecule has 128 valence electrons. The van der Waals surface area contributed by atoms with Crippen LogP contribution in [0.25, 0.3) is 10.8 Å². The van der Waals surface area contributed by atoms with E-state index in [9.17, 15) is 13.2 Å². The molecule has 0 aliphatic heterocycles. The molecular formula is C18H15ClN2O3S. The van der Waals surface area contributed by atoms with Gasteiger partial charge in [0.15, 0.2) is 0 Å². The molecule has 5 nitrogen and oxygen atoms in total. The first-order valence-corrected chi connectivity index (χ1v) is 9.66. The molecule has 0 unspecified atom stereocenters. The van der Waals surface area contributed by atoms with E-state index in [0.29, 0.717) is 16.3 Å². The molecule has 0 fully saturated rings. The zero-order valence-electron chi connectivity index (χ0n) is 13.3. The van der Waals surface area contributed by atoms with E-state index in [4.69, 9.17) is 11.6 Å². The summed E-state index contributed by atoms with van der Waals surface area (Å²) in [5.41, 5.74) is 1.01. The van der Waals surface area contributed by atoms with Crippen LogP contribution in [0.3, 0.4) is 0 Å². The van der Waals surface area contributed by atoms with E-state index in [1.165, 1.54) is 6.07 Å². The summed E-state index contributed by atoms with van der Waals surface area (Å²) in [6, 6.07) is 17.6. The van der Waals surface area contributed by atoms with Crippen molar-refractivity contribution in [3.05, 3.63) is 71.2 Å². The number of carbonyl (C=O) groups excluding carboxylic acids is 1. The van der Waals surface area contributed by atoms with Gasteiger partial charge in [-0.1, -0.05) is 41.9 Å². The van der Waals surface area contributed by atoms with Gasteiger partial charge < -0.3 is 5.32 Å². The molecule has 0 aromatic heterocycles. The molecule has 0 bridgehead atoms. The summed E-state index contributed by atoms with van der Waals surface area (Å²) in [5.74, 6) is -0.343. The fraction of sp³-hybridized carbons (Fsp3) is 0.0556. The van der Waals surface area contributed by atoms with E-state index < -0.39 is 10.0 Å². The fourth-order valence-electron chi connectivity index (χ4n) is 2.43. The Labute approximate surface area is 150 Å². The van der Waals surface area contributed by atoms with Gasteiger partial charge in [-0.2, -0.15) is 0 Å². The second-order valence-corrected chi connectivity index (χ2v) is 7.77. The molecule has 3 aromatic rings. The van der Waals surface area contributed by atoms with Crippen molar-refractivity contribution in [3.8, 4) is 0 Å². The summed E-state index contributed by atoms with van der Waals surface area (Å²) in [7, 11) is -3.51. The van der Waals surface area contributed by atoms with E-state index in [1.54, 1.807) is 24.3 Å². The monoisotopic (exact) mass is 374 g/mol. The lowest BCUT2D eigenvalue weighted by atomic mass is 10.1. The van der Waals surface area contributed by atoms with E-state index in [1.807, 2.05) is 30.3 Å². The van der Waals surface area contributed by atoms with Crippen LogP contribution in [0.4, 0.5) is 11.4 Å². The summed E-state index contributed by atoms with van der Waals surface area (Å²) < 4.78 is 25.3. The average molecular weight is 375 g/mol. The Kier molecular flexibility index (Phi) is 4.65. The molecular weight excluding hydrogens is 360 g/mol. The number of amides is 1. The van der Waals surface area contributed by atoms with Crippen LogP contribution in [0.5, 0.6) is 0 Å². The Morgan fingerprint density at radius 2 is 1.64 bits per heavy atom. The quantitative estimate of drug-likeness (QED) is 0.721. The van der Waals surface area contributed by atoms with Gasteiger partial charge >= 0.3 is 0 Å². The van der Waals surface area contributed by atoms with Gasteiger partial charge in [0.1, 0.15) is 0 Å². The normalized spacial score (nSPS) is 11.3. The maximum atomic E-state index is 12.5. The molecule has 0 aliphatic carbocycles. The topological polar surface area (TPSA) is 75.3 Å². The highest BCUT2D eigenvalue weighted by Crippen LogP contribution is 2.27. The molecule has 7 heteroatoms. The number of benzene rings is 3. The zero-order valence-corrected chi connectivity index (χ0v) is 14.9. The van der Waals surface area contributed by atoms with E-state index in [-0.39, 0.29) is 11.6 Å². The molecule has 0 radical (unpaired) electrons. The molecule has 25 heavy (non-hydrogen) atoms. The van der Waals surface area contributed by atoms with Gasteiger partial charge in [0.2, 0.25) is 10.0 Å². The minimum absolute atomic E-state index is 0.212. The summed E-state index contributed by atoms with van der Waals surface area (Å²) in [5, 5.41) is 5.05. The van der Waals surface area contributed by atoms with Crippen LogP contribution >= 0.6 is 11.6 Å². The zero-order chi connectivity index (χ0) is 18.0. The molecule has 0 saturated carbocycles. The molecule has 3 rings (SSSR count). The highest BCUT2D eigenvalue weighted by atomic mass is 35.5. The van der Waals surface area contributed by atoms with Gasteiger partial charge in [0.25, 0.3) is 5.91 Å². The summed E-state index contributed by atoms with van der Waals surface area (Å²) in [6.07, 6.45) is 1.03. The Hall–Kier alpha value is -2.57. The van der Waals surface area contributed by atoms with Crippen molar-refractivity contribution in [1.82, 2.24) is 0 Å². The van der Waals surface area contributed by atoms with Crippen molar-refractivity contribution in [2.24, 2.45) is 0 Å². The predicted molar refractivity (Wildman–Crippen MR) is 102 cm³/mol. The van der Waals surface area contributed by atoms with Crippen LogP contribution in [0.15, 0.2) is 60.7 Å². The van der Waals surface area contributed by atoms with Crippen molar-refractivity contribution < 1.29 is 13.2 Å². The van der Waals surface area contributed by atoms with Crippen molar-refractivity contribution in [3.63, 3.8) is 0 Å². The highest BCUT2D eigenvalue weighted by molar-refractivity contribution is 7.92. The third-order valence-corrected chi connectivity index (χ3v) is 4.36. The largest absolute Gasteiger partial charge is 0.320 e. The van der Waals surface area contributed by atoms with Crippen molar-refractivity contribution in [2.45, 2.75) is 0 Å². The number of nitrogens with one attached hydrogen (secondary N) is 2. The highest BCUT2D eigenvalue weighted by Gasteiger charge is 2.13. The first-order valence-electron chi connectivity index (χ1n) is 7.39. The minimum Gasteiger partial charge on any atom is -0.320 e. The number of hydrogen-bond donors (Lipinski definition) is 2. The summed E-state index contributed by atoms with van der Waals surface area (Å²) >= 11 is 5.92. The van der Waals surface area contributed by atoms with Crippen LogP contribution in [-0.4, -0.2) is 20.6 Å². The first-order chi connectivity index (χ1) is 11.8. The number of hydrogen-bond acceptors (Lipinski definition) is 3.